The molecule has 0 unspecified atom stereocenters. The Hall–Kier alpha value is -13.3. The van der Waals surface area contributed by atoms with Gasteiger partial charge in [0.15, 0.2) is 0 Å². The van der Waals surface area contributed by atoms with Gasteiger partial charge in [-0.1, -0.05) is 146 Å². The van der Waals surface area contributed by atoms with Gasteiger partial charge in [-0.15, -0.1) is 0 Å². The highest BCUT2D eigenvalue weighted by Crippen LogP contribution is 2.30. The van der Waals surface area contributed by atoms with Crippen LogP contribution in [0.4, 0.5) is 52.5 Å². The monoisotopic (exact) mass is 1780 g/mol. The van der Waals surface area contributed by atoms with Crippen molar-refractivity contribution in [2.45, 2.75) is 153 Å². The predicted octanol–water partition coefficient (Wildman–Crippen LogP) is 9.57. The van der Waals surface area contributed by atoms with Crippen molar-refractivity contribution in [1.82, 2.24) is 49.1 Å². The van der Waals surface area contributed by atoms with Crippen molar-refractivity contribution < 1.29 is 71.8 Å². The third kappa shape index (κ3) is 34.5. The van der Waals surface area contributed by atoms with Crippen LogP contribution in [-0.4, -0.2) is 207 Å². The first-order chi connectivity index (χ1) is 61.3. The number of aromatic nitrogens is 6. The smallest absolute Gasteiger partial charge is 0.446 e. The summed E-state index contributed by atoms with van der Waals surface area (Å²) in [5.74, 6) is -1.35. The molecule has 690 valence electrons. The minimum absolute atomic E-state index is 0.00957. The molecule has 9 aromatic rings. The number of anilines is 6. The number of carbonyl (C=O) groups excluding carboxylic acids is 5. The van der Waals surface area contributed by atoms with Crippen molar-refractivity contribution in [3.63, 3.8) is 0 Å². The molecule has 3 fully saturated rings. The van der Waals surface area contributed by atoms with Crippen LogP contribution < -0.4 is 54.7 Å². The van der Waals surface area contributed by atoms with Crippen LogP contribution in [0.25, 0.3) is 0 Å². The molecule has 129 heavy (non-hydrogen) atoms. The molecule has 0 spiro atoms. The van der Waals surface area contributed by atoms with E-state index in [1.807, 2.05) is 203 Å². The molecular formula is C93H117F3N18O15. The van der Waals surface area contributed by atoms with E-state index in [0.29, 0.717) is 96.3 Å². The maximum Gasteiger partial charge on any atom is 0.446 e. The van der Waals surface area contributed by atoms with Crippen LogP contribution in [0.3, 0.4) is 0 Å². The largest absolute Gasteiger partial charge is 0.481 e. The Bertz CT molecular complexity index is 5060. The molecule has 3 aliphatic heterocycles. The summed E-state index contributed by atoms with van der Waals surface area (Å²) in [6.07, 6.45) is 4.88. The molecule has 16 N–H and O–H groups in total. The van der Waals surface area contributed by atoms with Crippen LogP contribution in [-0.2, 0) is 72.3 Å². The van der Waals surface area contributed by atoms with E-state index in [0.717, 1.165) is 65.5 Å². The van der Waals surface area contributed by atoms with E-state index in [2.05, 4.69) is 46.3 Å². The summed E-state index contributed by atoms with van der Waals surface area (Å²) in [4.78, 5) is 122. The van der Waals surface area contributed by atoms with E-state index in [4.69, 9.17) is 37.2 Å². The molecule has 0 bridgehead atoms. The molecule has 3 amide bonds. The molecule has 3 aliphatic rings. The van der Waals surface area contributed by atoms with Crippen LogP contribution in [0.2, 0.25) is 0 Å². The van der Waals surface area contributed by atoms with E-state index in [-0.39, 0.29) is 102 Å². The average Bonchev–Trinajstić information content (AvgIpc) is 0.803. The van der Waals surface area contributed by atoms with Crippen molar-refractivity contribution in [2.75, 3.05) is 74.9 Å². The highest BCUT2D eigenvalue weighted by molar-refractivity contribution is 5.87. The number of nitrogens with two attached hydrogens (primary N) is 2. The topological polar surface area (TPSA) is 497 Å². The van der Waals surface area contributed by atoms with Gasteiger partial charge in [-0.25, -0.2) is 19.7 Å². The van der Waals surface area contributed by atoms with Crippen LogP contribution in [0.1, 0.15) is 113 Å². The van der Waals surface area contributed by atoms with Crippen molar-refractivity contribution in [2.24, 2.45) is 29.2 Å². The van der Waals surface area contributed by atoms with Crippen molar-refractivity contribution in [3.8, 4) is 0 Å². The van der Waals surface area contributed by atoms with E-state index < -0.39 is 64.0 Å². The number of aldehydes is 1. The summed E-state index contributed by atoms with van der Waals surface area (Å²) in [7, 11) is 0. The predicted molar refractivity (Wildman–Crippen MR) is 487 cm³/mol. The zero-order valence-electron chi connectivity index (χ0n) is 73.2. The van der Waals surface area contributed by atoms with Crippen LogP contribution in [0, 0.1) is 34.0 Å². The molecule has 33 nitrogen and oxygen atoms in total. The number of hydrogen-bond acceptors (Lipinski definition) is 26. The second-order valence-corrected chi connectivity index (χ2v) is 33.1. The average molecular weight is 1780 g/mol. The lowest BCUT2D eigenvalue weighted by Gasteiger charge is -2.39. The number of aliphatic carboxylic acids is 1. The number of carboxylic acid groups (broad SMARTS) is 1. The number of carboxylic acids is 1. The minimum Gasteiger partial charge on any atom is -0.481 e. The lowest BCUT2D eigenvalue weighted by atomic mass is 9.89. The third-order valence-corrected chi connectivity index (χ3v) is 20.7. The number of alkyl halides is 3. The number of rotatable bonds is 29. The third-order valence-electron chi connectivity index (χ3n) is 20.7. The Balaban J connectivity index is 0.000000229. The fourth-order valence-corrected chi connectivity index (χ4v) is 13.8. The number of hydrogen-bond donors (Lipinski definition) is 14. The summed E-state index contributed by atoms with van der Waals surface area (Å²) in [6.45, 7) is 15.0. The Morgan fingerprint density at radius 2 is 0.767 bits per heavy atom. The standard InChI is InChI=1S/2C27H32N6O3.C17H21N5O2.C15H21NO4.C5H10O2.C2HF3O/c2*28-16-21(15-20-7-3-1-4-8-20)25(34)32-13-11-27(36,12-14-32)18-33-19-30-24(23(17-29)26(33)35)31-22-9-5-2-6-10-22;18-10-14-15(21-13-4-2-1-3-5-13)20-12-22(16(14)23)11-17(24)6-8-19-9-7-17;1-15(2,3)20-14(19)16-10-12(13(17)18)9-11-7-5-4-6-8-11;1-5(2,3)7-4-6;3-2(4,5)1-6/h2*1-10,17,19,21,29,31,36H,11-16,18,28H2;1-5,10,12,18-19,21,24H,6-9,11H2;4-8,12H,9-10H2,1-3H3,(H,16,19)(H,17,18);4H,1-3H3;1H/t2*21-;;12-;;/m00.0../s1. The van der Waals surface area contributed by atoms with Gasteiger partial charge in [0.05, 0.1) is 73.2 Å². The van der Waals surface area contributed by atoms with E-state index >= 15 is 0 Å². The van der Waals surface area contributed by atoms with Gasteiger partial charge < -0.3 is 94.0 Å². The van der Waals surface area contributed by atoms with Crippen LogP contribution in [0.5, 0.6) is 0 Å². The molecule has 6 heterocycles. The first-order valence-electron chi connectivity index (χ1n) is 41.9. The van der Waals surface area contributed by atoms with Crippen molar-refractivity contribution in [1.29, 1.82) is 16.2 Å². The molecule has 3 atom stereocenters. The molecule has 6 aromatic carbocycles. The molecule has 3 aromatic heterocycles. The second kappa shape index (κ2) is 49.7. The molecule has 0 aliphatic carbocycles. The Labute approximate surface area is 746 Å². The number of nitrogens with zero attached hydrogens (tertiary/aromatic N) is 8. The first kappa shape index (κ1) is 103. The number of aliphatic hydroxyl groups is 3. The fourth-order valence-electron chi connectivity index (χ4n) is 13.8. The van der Waals surface area contributed by atoms with Gasteiger partial charge in [0, 0.05) is 81.5 Å². The van der Waals surface area contributed by atoms with Gasteiger partial charge in [-0.2, -0.15) is 13.2 Å². The molecular weight excluding hydrogens is 1670 g/mol. The molecule has 36 heteroatoms. The van der Waals surface area contributed by atoms with Gasteiger partial charge in [-0.3, -0.25) is 52.1 Å². The highest BCUT2D eigenvalue weighted by atomic mass is 19.4. The lowest BCUT2D eigenvalue weighted by molar-refractivity contribution is -0.156. The molecule has 3 saturated heterocycles. The van der Waals surface area contributed by atoms with Crippen molar-refractivity contribution >= 4 is 89.8 Å². The van der Waals surface area contributed by atoms with E-state index in [1.54, 1.807) is 30.6 Å². The number of alkyl carbamates (subject to hydrolysis) is 1. The Kier molecular flexibility index (Phi) is 39.6. The summed E-state index contributed by atoms with van der Waals surface area (Å²) < 4.78 is 44.9. The lowest BCUT2D eigenvalue weighted by Crippen LogP contribution is -2.51. The minimum atomic E-state index is -4.64. The summed E-state index contributed by atoms with van der Waals surface area (Å²) in [6, 6.07) is 56.8. The van der Waals surface area contributed by atoms with Gasteiger partial charge in [-0.05, 0) is 166 Å². The van der Waals surface area contributed by atoms with Gasteiger partial charge in [0.25, 0.3) is 23.2 Å². The summed E-state index contributed by atoms with van der Waals surface area (Å²) in [5.41, 5.74) is 12.3. The molecule has 0 radical (unpaired) electrons. The number of para-hydroxylation sites is 3. The van der Waals surface area contributed by atoms with Gasteiger partial charge >= 0.3 is 18.2 Å². The number of amides is 3. The van der Waals surface area contributed by atoms with Gasteiger partial charge in [0.2, 0.25) is 18.1 Å². The molecule has 12 rings (SSSR count). The quantitative estimate of drug-likeness (QED) is 0.0153. The number of nitrogens with one attached hydrogen (secondary N) is 8. The SMILES string of the molecule is CC(C)(C)OC(=O)NC[C@H](Cc1ccccc1)C(=O)O.CC(C)(C)OC=O.N=Cc1c(Nc2ccccc2)ncn(CC2(O)CCN(C(=O)[C@H](CN)Cc3ccccc3)CC2)c1=O.N=Cc1c(Nc2ccccc2)ncn(CC2(O)CCN(C(=O)[C@H](CN)Cc3ccccc3)CC2)c1=O.N=Cc1c(Nc2ccccc2)ncn(CC2(O)CCNCC2)c1=O.O=CC(F)(F)F. The Morgan fingerprint density at radius 1 is 0.481 bits per heavy atom. The normalized spacial score (nSPS) is 14.9. The maximum atomic E-state index is 13.1. The van der Waals surface area contributed by atoms with Crippen molar-refractivity contribution in [3.05, 3.63) is 265 Å². The van der Waals surface area contributed by atoms with E-state index in [9.17, 15) is 72.0 Å². The van der Waals surface area contributed by atoms with Crippen LogP contribution >= 0.6 is 0 Å². The van der Waals surface area contributed by atoms with E-state index in [1.165, 1.54) is 32.7 Å². The Morgan fingerprint density at radius 3 is 1.02 bits per heavy atom. The number of benzene rings is 6. The highest BCUT2D eigenvalue weighted by Gasteiger charge is 2.39. The molecule has 0 saturated carbocycles. The number of ether oxygens (including phenoxy) is 2. The first-order valence-corrected chi connectivity index (χ1v) is 41.9. The second-order valence-electron chi connectivity index (χ2n) is 33.1. The van der Waals surface area contributed by atoms with Gasteiger partial charge in [0.1, 0.15) is 45.3 Å². The maximum absolute atomic E-state index is 13.1. The fraction of sp³-hybridized carbons (Fsp3) is 0.387. The number of likely N-dealkylation sites (tertiary alicyclic amines) is 2. The number of piperidine rings is 3. The number of halogens is 3. The summed E-state index contributed by atoms with van der Waals surface area (Å²) in [5, 5.41) is 80.2. The number of carbonyl (C=O) groups is 6. The zero-order chi connectivity index (χ0) is 94.4. The van der Waals surface area contributed by atoms with Crippen LogP contribution in [0.15, 0.2) is 215 Å². The zero-order valence-corrected chi connectivity index (χ0v) is 73.2. The summed E-state index contributed by atoms with van der Waals surface area (Å²) >= 11 is 0.